The first-order chi connectivity index (χ1) is 2.50. The zero-order valence-corrected chi connectivity index (χ0v) is 3.07. The molecule has 0 bridgehead atoms. The molecule has 5 heavy (non-hydrogen) atoms. The van der Waals surface area contributed by atoms with E-state index in [2.05, 4.69) is 12.5 Å². The van der Waals surface area contributed by atoms with Crippen LogP contribution in [0, 0.1) is 6.42 Å². The molecule has 0 heteroatoms. The Bertz CT molecular complexity index is 38.0. The molecule has 0 fully saturated rings. The molecule has 0 aliphatic heterocycles. The summed E-state index contributed by atoms with van der Waals surface area (Å²) in [5.74, 6) is 0. The molecule has 0 N–H and O–H groups in total. The summed E-state index contributed by atoms with van der Waals surface area (Å²) in [7, 11) is 0. The maximum absolute atomic E-state index is 3.04. The summed E-state index contributed by atoms with van der Waals surface area (Å²) < 4.78 is 0. The highest BCUT2D eigenvalue weighted by Gasteiger charge is 1.86. The van der Waals surface area contributed by atoms with E-state index < -0.39 is 0 Å². The number of allylic oxidation sites excluding steroid dienone is 2. The van der Waals surface area contributed by atoms with Crippen LogP contribution in [0.15, 0.2) is 12.2 Å². The van der Waals surface area contributed by atoms with Crippen molar-refractivity contribution in [1.29, 1.82) is 0 Å². The Morgan fingerprint density at radius 2 is 2.60 bits per heavy atom. The Hall–Kier alpha value is -0.260. The summed E-state index contributed by atoms with van der Waals surface area (Å²) in [6.45, 7) is 0. The van der Waals surface area contributed by atoms with Gasteiger partial charge in [0.2, 0.25) is 0 Å². The van der Waals surface area contributed by atoms with Gasteiger partial charge in [-0.3, -0.25) is 0 Å². The average Bonchev–Trinajstić information content (AvgIpc) is 1.76. The maximum atomic E-state index is 3.04. The highest BCUT2D eigenvalue weighted by Crippen LogP contribution is 2.03. The van der Waals surface area contributed by atoms with Gasteiger partial charge in [-0.15, -0.1) is 0 Å². The fraction of sp³-hybridized carbons (Fsp3) is 0.400. The minimum absolute atomic E-state index is 1.14. The second-order valence-electron chi connectivity index (χ2n) is 1.15. The molecule has 1 rings (SSSR count). The molecule has 0 atom stereocenters. The van der Waals surface area contributed by atoms with Crippen molar-refractivity contribution in [2.24, 2.45) is 0 Å². The molecule has 0 aromatic carbocycles. The first kappa shape index (κ1) is 2.95. The SMILES string of the molecule is [C]1C=CCC1. The molecule has 0 unspecified atom stereocenters. The van der Waals surface area contributed by atoms with Crippen LogP contribution in [0.1, 0.15) is 12.8 Å². The highest BCUT2D eigenvalue weighted by atomic mass is 13.9. The van der Waals surface area contributed by atoms with Gasteiger partial charge in [0, 0.05) is 6.42 Å². The van der Waals surface area contributed by atoms with Gasteiger partial charge in [-0.05, 0) is 12.8 Å². The summed E-state index contributed by atoms with van der Waals surface area (Å²) in [4.78, 5) is 0. The van der Waals surface area contributed by atoms with Crippen LogP contribution >= 0.6 is 0 Å². The lowest BCUT2D eigenvalue weighted by molar-refractivity contribution is 1.06. The molecule has 1 aliphatic carbocycles. The summed E-state index contributed by atoms with van der Waals surface area (Å²) in [6.07, 6.45) is 9.50. The molecule has 0 amide bonds. The Labute approximate surface area is 32.5 Å². The molecular formula is C5H6. The van der Waals surface area contributed by atoms with Gasteiger partial charge in [0.1, 0.15) is 0 Å². The van der Waals surface area contributed by atoms with Crippen LogP contribution in [0.25, 0.3) is 0 Å². The minimum Gasteiger partial charge on any atom is -0.0879 e. The Kier molecular flexibility index (Phi) is 0.738. The second-order valence-corrected chi connectivity index (χ2v) is 1.15. The second kappa shape index (κ2) is 1.25. The van der Waals surface area contributed by atoms with Gasteiger partial charge in [0.25, 0.3) is 0 Å². The molecule has 1 aliphatic rings. The quantitative estimate of drug-likeness (QED) is 0.401. The first-order valence-corrected chi connectivity index (χ1v) is 1.88. The van der Waals surface area contributed by atoms with Crippen molar-refractivity contribution >= 4 is 0 Å². The summed E-state index contributed by atoms with van der Waals surface area (Å²) >= 11 is 0. The third kappa shape index (κ3) is 0.504. The monoisotopic (exact) mass is 66.0 g/mol. The standard InChI is InChI=1S/C5H6/c1-2-4-5-3-1/h1-2H,3,5H2. The zero-order chi connectivity index (χ0) is 3.54. The van der Waals surface area contributed by atoms with E-state index in [4.69, 9.17) is 0 Å². The fourth-order valence-corrected chi connectivity index (χ4v) is 0.417. The lowest BCUT2D eigenvalue weighted by atomic mass is 10.4. The largest absolute Gasteiger partial charge is 0.0879 e. The summed E-state index contributed by atoms with van der Waals surface area (Å²) in [5, 5.41) is 0. The van der Waals surface area contributed by atoms with Crippen LogP contribution in [-0.2, 0) is 0 Å². The fourth-order valence-electron chi connectivity index (χ4n) is 0.417. The lowest BCUT2D eigenvalue weighted by Crippen LogP contribution is -1.51. The number of rotatable bonds is 0. The molecule has 26 valence electrons. The van der Waals surface area contributed by atoms with E-state index in [0.29, 0.717) is 0 Å². The molecule has 0 saturated carbocycles. The van der Waals surface area contributed by atoms with Crippen molar-refractivity contribution in [3.05, 3.63) is 18.6 Å². The van der Waals surface area contributed by atoms with Crippen LogP contribution in [0.3, 0.4) is 0 Å². The van der Waals surface area contributed by atoms with Crippen LogP contribution < -0.4 is 0 Å². The maximum Gasteiger partial charge on any atom is 0.00840 e. The normalized spacial score (nSPS) is 20.8. The van der Waals surface area contributed by atoms with Crippen LogP contribution in [0.4, 0.5) is 0 Å². The van der Waals surface area contributed by atoms with Crippen molar-refractivity contribution < 1.29 is 0 Å². The molecular weight excluding hydrogens is 60.1 g/mol. The van der Waals surface area contributed by atoms with E-state index in [0.717, 1.165) is 6.42 Å². The molecule has 0 nitrogen and oxygen atoms in total. The molecule has 0 saturated heterocycles. The van der Waals surface area contributed by atoms with Crippen molar-refractivity contribution in [2.45, 2.75) is 12.8 Å². The summed E-state index contributed by atoms with van der Waals surface area (Å²) in [5.41, 5.74) is 0. The van der Waals surface area contributed by atoms with Gasteiger partial charge in [-0.25, -0.2) is 0 Å². The third-order valence-corrected chi connectivity index (χ3v) is 0.691. The minimum atomic E-state index is 1.14. The smallest absolute Gasteiger partial charge is 0.00840 e. The van der Waals surface area contributed by atoms with Crippen molar-refractivity contribution in [3.8, 4) is 0 Å². The van der Waals surface area contributed by atoms with E-state index in [1.807, 2.05) is 6.08 Å². The Morgan fingerprint density at radius 1 is 1.60 bits per heavy atom. The van der Waals surface area contributed by atoms with Gasteiger partial charge in [-0.2, -0.15) is 0 Å². The van der Waals surface area contributed by atoms with Gasteiger partial charge in [0.05, 0.1) is 0 Å². The first-order valence-electron chi connectivity index (χ1n) is 1.88. The predicted molar refractivity (Wildman–Crippen MR) is 21.6 cm³/mol. The molecule has 0 aromatic heterocycles. The summed E-state index contributed by atoms with van der Waals surface area (Å²) in [6, 6.07) is 0. The number of hydrogen-bond donors (Lipinski definition) is 0. The molecule has 2 radical (unpaired) electrons. The van der Waals surface area contributed by atoms with Crippen LogP contribution in [0.2, 0.25) is 0 Å². The predicted octanol–water partition coefficient (Wildman–Crippen LogP) is 1.42. The van der Waals surface area contributed by atoms with Gasteiger partial charge < -0.3 is 0 Å². The van der Waals surface area contributed by atoms with Crippen LogP contribution in [0.5, 0.6) is 0 Å². The van der Waals surface area contributed by atoms with Gasteiger partial charge in [-0.1, -0.05) is 12.2 Å². The van der Waals surface area contributed by atoms with Gasteiger partial charge in [0.15, 0.2) is 0 Å². The lowest BCUT2D eigenvalue weighted by Gasteiger charge is -1.67. The number of hydrogen-bond acceptors (Lipinski definition) is 0. The highest BCUT2D eigenvalue weighted by molar-refractivity contribution is 5.01. The Balaban J connectivity index is 2.32. The molecule has 0 heterocycles. The van der Waals surface area contributed by atoms with Crippen LogP contribution in [-0.4, -0.2) is 0 Å². The Morgan fingerprint density at radius 3 is 2.80 bits per heavy atom. The zero-order valence-electron chi connectivity index (χ0n) is 3.07. The van der Waals surface area contributed by atoms with Gasteiger partial charge >= 0.3 is 0 Å². The van der Waals surface area contributed by atoms with E-state index in [-0.39, 0.29) is 0 Å². The average molecular weight is 66.1 g/mol. The van der Waals surface area contributed by atoms with Crippen molar-refractivity contribution in [2.75, 3.05) is 0 Å². The van der Waals surface area contributed by atoms with Crippen molar-refractivity contribution in [3.63, 3.8) is 0 Å². The molecule has 0 spiro atoms. The van der Waals surface area contributed by atoms with Crippen molar-refractivity contribution in [1.82, 2.24) is 0 Å². The molecule has 0 aromatic rings. The topological polar surface area (TPSA) is 0 Å². The van der Waals surface area contributed by atoms with E-state index in [9.17, 15) is 0 Å². The van der Waals surface area contributed by atoms with E-state index >= 15 is 0 Å². The van der Waals surface area contributed by atoms with E-state index in [1.165, 1.54) is 6.42 Å². The third-order valence-electron chi connectivity index (χ3n) is 0.691. The van der Waals surface area contributed by atoms with E-state index in [1.54, 1.807) is 0 Å².